The van der Waals surface area contributed by atoms with E-state index in [0.29, 0.717) is 13.0 Å². The van der Waals surface area contributed by atoms with E-state index in [1.165, 1.54) is 0 Å². The van der Waals surface area contributed by atoms with Crippen LogP contribution in [0.5, 0.6) is 0 Å². The highest BCUT2D eigenvalue weighted by atomic mass is 16.3. The van der Waals surface area contributed by atoms with Crippen molar-refractivity contribution in [3.05, 3.63) is 0 Å². The Morgan fingerprint density at radius 1 is 1.50 bits per heavy atom. The molecule has 94 valence electrons. The van der Waals surface area contributed by atoms with Gasteiger partial charge >= 0.3 is 0 Å². The normalized spacial score (nSPS) is 22.6. The fraction of sp³-hybridized carbons (Fsp3) is 0.909. The number of likely N-dealkylation sites (tertiary alicyclic amines) is 1. The molecule has 3 N–H and O–H groups in total. The van der Waals surface area contributed by atoms with Crippen molar-refractivity contribution < 1.29 is 15.0 Å². The Balaban J connectivity index is 2.87. The van der Waals surface area contributed by atoms with E-state index in [1.54, 1.807) is 11.9 Å². The molecule has 0 radical (unpaired) electrons. The molecule has 0 aliphatic carbocycles. The van der Waals surface area contributed by atoms with Gasteiger partial charge in [-0.3, -0.25) is 4.79 Å². The molecule has 1 fully saturated rings. The number of carbonyl (C=O) groups excluding carboxylic acids is 1. The van der Waals surface area contributed by atoms with Crippen LogP contribution in [-0.2, 0) is 4.79 Å². The third-order valence-corrected chi connectivity index (χ3v) is 3.61. The minimum absolute atomic E-state index is 0.0151. The molecule has 1 atom stereocenters. The van der Waals surface area contributed by atoms with E-state index in [4.69, 9.17) is 0 Å². The molecular weight excluding hydrogens is 208 g/mol. The summed E-state index contributed by atoms with van der Waals surface area (Å²) in [6.07, 6.45) is 2.28. The maximum Gasteiger partial charge on any atom is 0.240 e. The van der Waals surface area contributed by atoms with Crippen LogP contribution in [0.25, 0.3) is 0 Å². The van der Waals surface area contributed by atoms with Crippen molar-refractivity contribution in [2.45, 2.75) is 37.8 Å². The van der Waals surface area contributed by atoms with Crippen LogP contribution in [0.1, 0.15) is 26.2 Å². The molecule has 1 aliphatic heterocycles. The Kier molecular flexibility index (Phi) is 4.70. The second-order valence-corrected chi connectivity index (χ2v) is 4.37. The van der Waals surface area contributed by atoms with Crippen LogP contribution < -0.4 is 5.32 Å². The molecule has 1 rings (SSSR count). The number of hydrogen-bond acceptors (Lipinski definition) is 4. The second-order valence-electron chi connectivity index (χ2n) is 4.37. The summed E-state index contributed by atoms with van der Waals surface area (Å²) < 4.78 is 0. The van der Waals surface area contributed by atoms with Gasteiger partial charge in [-0.2, -0.15) is 0 Å². The zero-order chi connectivity index (χ0) is 12.2. The number of amides is 1. The molecule has 0 aromatic heterocycles. The molecule has 1 saturated heterocycles. The molecular formula is C11H22N2O3. The van der Waals surface area contributed by atoms with Gasteiger partial charge in [0.2, 0.25) is 5.91 Å². The molecule has 1 aliphatic rings. The summed E-state index contributed by atoms with van der Waals surface area (Å²) >= 11 is 0. The van der Waals surface area contributed by atoms with Crippen LogP contribution in [0.3, 0.4) is 0 Å². The summed E-state index contributed by atoms with van der Waals surface area (Å²) in [6.45, 7) is 2.11. The molecule has 0 spiro atoms. The topological polar surface area (TPSA) is 72.8 Å². The van der Waals surface area contributed by atoms with Crippen molar-refractivity contribution in [1.29, 1.82) is 0 Å². The minimum atomic E-state index is -0.799. The van der Waals surface area contributed by atoms with E-state index in [1.807, 2.05) is 6.92 Å². The largest absolute Gasteiger partial charge is 0.394 e. The SMILES string of the molecule is CCC(CO)(CO)N1CCCC(NC)C1=O. The monoisotopic (exact) mass is 230 g/mol. The van der Waals surface area contributed by atoms with Crippen molar-refractivity contribution in [3.8, 4) is 0 Å². The number of rotatable bonds is 5. The van der Waals surface area contributed by atoms with Gasteiger partial charge in [0.1, 0.15) is 0 Å². The first kappa shape index (κ1) is 13.4. The summed E-state index contributed by atoms with van der Waals surface area (Å²) in [5.41, 5.74) is -0.799. The molecule has 0 aromatic rings. The molecule has 16 heavy (non-hydrogen) atoms. The van der Waals surface area contributed by atoms with Gasteiger partial charge in [0.05, 0.1) is 24.8 Å². The summed E-state index contributed by atoms with van der Waals surface area (Å²) in [6, 6.07) is -0.183. The highest BCUT2D eigenvalue weighted by Gasteiger charge is 2.41. The lowest BCUT2D eigenvalue weighted by molar-refractivity contribution is -0.148. The number of aliphatic hydroxyl groups is 2. The van der Waals surface area contributed by atoms with Crippen LogP contribution in [-0.4, -0.2) is 59.4 Å². The number of nitrogens with one attached hydrogen (secondary N) is 1. The van der Waals surface area contributed by atoms with Crippen molar-refractivity contribution in [1.82, 2.24) is 10.2 Å². The van der Waals surface area contributed by atoms with Crippen LogP contribution >= 0.6 is 0 Å². The predicted octanol–water partition coefficient (Wildman–Crippen LogP) is -0.670. The van der Waals surface area contributed by atoms with E-state index in [2.05, 4.69) is 5.32 Å². The standard InChI is InChI=1S/C11H22N2O3/c1-3-11(7-14,8-15)13-6-4-5-9(12-2)10(13)16/h9,12,14-15H,3-8H2,1-2H3. The zero-order valence-electron chi connectivity index (χ0n) is 10.1. The van der Waals surface area contributed by atoms with Gasteiger partial charge in [-0.05, 0) is 26.3 Å². The number of likely N-dealkylation sites (N-methyl/N-ethyl adjacent to an activating group) is 1. The number of hydrogen-bond donors (Lipinski definition) is 3. The molecule has 0 aromatic carbocycles. The fourth-order valence-electron chi connectivity index (χ4n) is 2.25. The first-order chi connectivity index (χ1) is 7.65. The van der Waals surface area contributed by atoms with Crippen LogP contribution in [0.15, 0.2) is 0 Å². The molecule has 5 heteroatoms. The van der Waals surface area contributed by atoms with Crippen molar-refractivity contribution in [3.63, 3.8) is 0 Å². The van der Waals surface area contributed by atoms with Crippen molar-refractivity contribution >= 4 is 5.91 Å². The minimum Gasteiger partial charge on any atom is -0.394 e. The lowest BCUT2D eigenvalue weighted by atomic mass is 9.91. The predicted molar refractivity (Wildman–Crippen MR) is 61.0 cm³/mol. The van der Waals surface area contributed by atoms with Gasteiger partial charge in [-0.1, -0.05) is 6.92 Å². The van der Waals surface area contributed by atoms with Gasteiger partial charge in [-0.25, -0.2) is 0 Å². The number of aliphatic hydroxyl groups excluding tert-OH is 2. The maximum absolute atomic E-state index is 12.1. The van der Waals surface area contributed by atoms with Crippen LogP contribution in [0, 0.1) is 0 Å². The van der Waals surface area contributed by atoms with Gasteiger partial charge in [0.15, 0.2) is 0 Å². The van der Waals surface area contributed by atoms with Gasteiger partial charge in [-0.15, -0.1) is 0 Å². The first-order valence-electron chi connectivity index (χ1n) is 5.85. The van der Waals surface area contributed by atoms with Gasteiger partial charge < -0.3 is 20.4 Å². The average molecular weight is 230 g/mol. The van der Waals surface area contributed by atoms with Crippen molar-refractivity contribution in [2.75, 3.05) is 26.8 Å². The van der Waals surface area contributed by atoms with E-state index in [9.17, 15) is 15.0 Å². The van der Waals surface area contributed by atoms with E-state index in [-0.39, 0.29) is 25.2 Å². The summed E-state index contributed by atoms with van der Waals surface area (Å²) in [5, 5.41) is 21.8. The molecule has 1 amide bonds. The van der Waals surface area contributed by atoms with E-state index >= 15 is 0 Å². The lowest BCUT2D eigenvalue weighted by Crippen LogP contribution is -2.62. The number of piperidine rings is 1. The Morgan fingerprint density at radius 3 is 2.56 bits per heavy atom. The molecule has 1 unspecified atom stereocenters. The Morgan fingerprint density at radius 2 is 2.12 bits per heavy atom. The van der Waals surface area contributed by atoms with Crippen molar-refractivity contribution in [2.24, 2.45) is 0 Å². The van der Waals surface area contributed by atoms with E-state index in [0.717, 1.165) is 12.8 Å². The highest BCUT2D eigenvalue weighted by Crippen LogP contribution is 2.24. The fourth-order valence-corrected chi connectivity index (χ4v) is 2.25. The third kappa shape index (κ3) is 2.21. The Labute approximate surface area is 96.4 Å². The number of carbonyl (C=O) groups is 1. The van der Waals surface area contributed by atoms with Crippen LogP contribution in [0.4, 0.5) is 0 Å². The number of nitrogens with zero attached hydrogens (tertiary/aromatic N) is 1. The van der Waals surface area contributed by atoms with Gasteiger partial charge in [0.25, 0.3) is 0 Å². The molecule has 1 heterocycles. The van der Waals surface area contributed by atoms with E-state index < -0.39 is 5.54 Å². The van der Waals surface area contributed by atoms with Crippen LogP contribution in [0.2, 0.25) is 0 Å². The molecule has 0 saturated carbocycles. The summed E-state index contributed by atoms with van der Waals surface area (Å²) in [5.74, 6) is -0.0151. The third-order valence-electron chi connectivity index (χ3n) is 3.61. The smallest absolute Gasteiger partial charge is 0.240 e. The zero-order valence-corrected chi connectivity index (χ0v) is 10.1. The molecule has 0 bridgehead atoms. The quantitative estimate of drug-likeness (QED) is 0.586. The Bertz CT molecular complexity index is 233. The Hall–Kier alpha value is -0.650. The maximum atomic E-state index is 12.1. The first-order valence-corrected chi connectivity index (χ1v) is 5.85. The average Bonchev–Trinajstić information content (AvgIpc) is 2.34. The lowest BCUT2D eigenvalue weighted by Gasteiger charge is -2.45. The highest BCUT2D eigenvalue weighted by molar-refractivity contribution is 5.83. The second kappa shape index (κ2) is 5.61. The summed E-state index contributed by atoms with van der Waals surface area (Å²) in [4.78, 5) is 13.8. The summed E-state index contributed by atoms with van der Waals surface area (Å²) in [7, 11) is 1.76. The van der Waals surface area contributed by atoms with Gasteiger partial charge in [0, 0.05) is 6.54 Å². The molecule has 5 nitrogen and oxygen atoms in total.